The van der Waals surface area contributed by atoms with Crippen LogP contribution in [0, 0.1) is 13.8 Å². The van der Waals surface area contributed by atoms with Gasteiger partial charge in [0, 0.05) is 12.1 Å². The zero-order valence-electron chi connectivity index (χ0n) is 13.9. The lowest BCUT2D eigenvalue weighted by molar-refractivity contribution is 0.0926. The van der Waals surface area contributed by atoms with Gasteiger partial charge in [-0.05, 0) is 49.6 Å². The Balaban J connectivity index is 1.91. The van der Waals surface area contributed by atoms with Crippen molar-refractivity contribution in [3.63, 3.8) is 0 Å². The average Bonchev–Trinajstić information content (AvgIpc) is 2.54. The fourth-order valence-electron chi connectivity index (χ4n) is 2.38. The highest BCUT2D eigenvalue weighted by atomic mass is 16.5. The second kappa shape index (κ2) is 7.79. The monoisotopic (exact) mass is 312 g/mol. The molecule has 0 bridgehead atoms. The van der Waals surface area contributed by atoms with Gasteiger partial charge in [0.15, 0.2) is 0 Å². The van der Waals surface area contributed by atoms with Gasteiger partial charge in [-0.2, -0.15) is 0 Å². The van der Waals surface area contributed by atoms with Crippen LogP contribution in [-0.4, -0.2) is 18.6 Å². The van der Waals surface area contributed by atoms with Crippen LogP contribution in [-0.2, 0) is 6.54 Å². The predicted molar refractivity (Wildman–Crippen MR) is 92.7 cm³/mol. The molecule has 0 radical (unpaired) electrons. The molecule has 0 aliphatic rings. The Kier molecular flexibility index (Phi) is 5.77. The summed E-state index contributed by atoms with van der Waals surface area (Å²) < 4.78 is 5.87. The summed E-state index contributed by atoms with van der Waals surface area (Å²) in [6.45, 7) is 6.87. The number of ether oxygens (including phenoxy) is 1. The molecule has 2 aromatic rings. The van der Waals surface area contributed by atoms with Gasteiger partial charge in [-0.15, -0.1) is 0 Å². The van der Waals surface area contributed by atoms with E-state index in [1.54, 1.807) is 12.1 Å². The maximum Gasteiger partial charge on any atom is 0.251 e. The minimum Gasteiger partial charge on any atom is -0.491 e. The van der Waals surface area contributed by atoms with Gasteiger partial charge in [0.1, 0.15) is 12.4 Å². The largest absolute Gasteiger partial charge is 0.491 e. The third-order valence-electron chi connectivity index (χ3n) is 3.72. The second-order valence-electron chi connectivity index (χ2n) is 5.81. The van der Waals surface area contributed by atoms with E-state index in [0.29, 0.717) is 18.7 Å². The lowest BCUT2D eigenvalue weighted by Gasteiger charge is -2.17. The number of hydrogen-bond donors (Lipinski definition) is 2. The average molecular weight is 312 g/mol. The number of hydrogen-bond acceptors (Lipinski definition) is 3. The molecule has 1 unspecified atom stereocenters. The first kappa shape index (κ1) is 17.0. The van der Waals surface area contributed by atoms with Crippen LogP contribution in [0.25, 0.3) is 0 Å². The minimum atomic E-state index is -0.105. The van der Waals surface area contributed by atoms with Crippen LogP contribution < -0.4 is 15.8 Å². The Morgan fingerprint density at radius 3 is 2.30 bits per heavy atom. The van der Waals surface area contributed by atoms with Gasteiger partial charge in [0.2, 0.25) is 0 Å². The second-order valence-corrected chi connectivity index (χ2v) is 5.81. The van der Waals surface area contributed by atoms with E-state index in [1.165, 1.54) is 0 Å². The predicted octanol–water partition coefficient (Wildman–Crippen LogP) is 2.96. The Labute approximate surface area is 137 Å². The molecule has 0 saturated carbocycles. The minimum absolute atomic E-state index is 0.0873. The summed E-state index contributed by atoms with van der Waals surface area (Å²) in [5, 5.41) is 2.95. The first-order valence-corrected chi connectivity index (χ1v) is 7.80. The van der Waals surface area contributed by atoms with E-state index in [-0.39, 0.29) is 11.9 Å². The fourth-order valence-corrected chi connectivity index (χ4v) is 2.38. The normalized spacial score (nSPS) is 11.8. The molecule has 2 aromatic carbocycles. The fraction of sp³-hybridized carbons (Fsp3) is 0.316. The standard InChI is InChI=1S/C19H24N2O2/c1-13-5-4-6-14(2)18(13)23-12-15(3)21-19(22)17-9-7-16(11-20)8-10-17/h4-10,15H,11-12,20H2,1-3H3,(H,21,22). The number of carbonyl (C=O) groups is 1. The number of para-hydroxylation sites is 1. The maximum atomic E-state index is 12.2. The van der Waals surface area contributed by atoms with E-state index < -0.39 is 0 Å². The molecule has 0 saturated heterocycles. The lowest BCUT2D eigenvalue weighted by atomic mass is 10.1. The van der Waals surface area contributed by atoms with Crippen molar-refractivity contribution in [1.29, 1.82) is 0 Å². The van der Waals surface area contributed by atoms with Crippen LogP contribution in [0.15, 0.2) is 42.5 Å². The van der Waals surface area contributed by atoms with Crippen LogP contribution >= 0.6 is 0 Å². The molecule has 0 spiro atoms. The highest BCUT2D eigenvalue weighted by Gasteiger charge is 2.11. The molecule has 23 heavy (non-hydrogen) atoms. The van der Waals surface area contributed by atoms with Crippen molar-refractivity contribution in [2.75, 3.05) is 6.61 Å². The number of nitrogens with one attached hydrogen (secondary N) is 1. The van der Waals surface area contributed by atoms with Crippen molar-refractivity contribution in [1.82, 2.24) is 5.32 Å². The highest BCUT2D eigenvalue weighted by Crippen LogP contribution is 2.22. The molecule has 1 atom stereocenters. The number of amides is 1. The molecule has 0 heterocycles. The van der Waals surface area contributed by atoms with Crippen LogP contribution in [0.5, 0.6) is 5.75 Å². The zero-order chi connectivity index (χ0) is 16.8. The number of carbonyl (C=O) groups excluding carboxylic acids is 1. The summed E-state index contributed by atoms with van der Waals surface area (Å²) in [6.07, 6.45) is 0. The summed E-state index contributed by atoms with van der Waals surface area (Å²) in [5.74, 6) is 0.784. The van der Waals surface area contributed by atoms with Crippen molar-refractivity contribution in [3.05, 3.63) is 64.7 Å². The number of rotatable bonds is 6. The van der Waals surface area contributed by atoms with Crippen LogP contribution in [0.1, 0.15) is 34.0 Å². The molecule has 4 heteroatoms. The molecule has 0 fully saturated rings. The smallest absolute Gasteiger partial charge is 0.251 e. The molecule has 0 aliphatic heterocycles. The van der Waals surface area contributed by atoms with E-state index >= 15 is 0 Å². The Hall–Kier alpha value is -2.33. The van der Waals surface area contributed by atoms with Crippen molar-refractivity contribution in [3.8, 4) is 5.75 Å². The molecular weight excluding hydrogens is 288 g/mol. The molecule has 0 aromatic heterocycles. The molecule has 3 N–H and O–H groups in total. The van der Waals surface area contributed by atoms with Crippen LogP contribution in [0.4, 0.5) is 0 Å². The highest BCUT2D eigenvalue weighted by molar-refractivity contribution is 5.94. The van der Waals surface area contributed by atoms with E-state index in [0.717, 1.165) is 22.4 Å². The van der Waals surface area contributed by atoms with Gasteiger partial charge in [-0.25, -0.2) is 0 Å². The number of nitrogens with two attached hydrogens (primary N) is 1. The summed E-state index contributed by atoms with van der Waals surface area (Å²) in [5.41, 5.74) is 9.39. The summed E-state index contributed by atoms with van der Waals surface area (Å²) in [4.78, 5) is 12.2. The van der Waals surface area contributed by atoms with E-state index in [9.17, 15) is 4.79 Å². The SMILES string of the molecule is Cc1cccc(C)c1OCC(C)NC(=O)c1ccc(CN)cc1. The zero-order valence-corrected chi connectivity index (χ0v) is 13.9. The summed E-state index contributed by atoms with van der Waals surface area (Å²) in [7, 11) is 0. The van der Waals surface area contributed by atoms with Crippen molar-refractivity contribution in [2.45, 2.75) is 33.4 Å². The third-order valence-corrected chi connectivity index (χ3v) is 3.72. The van der Waals surface area contributed by atoms with Crippen molar-refractivity contribution < 1.29 is 9.53 Å². The molecule has 0 aliphatic carbocycles. The molecule has 1 amide bonds. The summed E-state index contributed by atoms with van der Waals surface area (Å²) in [6, 6.07) is 13.3. The molecular formula is C19H24N2O2. The summed E-state index contributed by atoms with van der Waals surface area (Å²) >= 11 is 0. The number of aryl methyl sites for hydroxylation is 2. The van der Waals surface area contributed by atoms with Crippen molar-refractivity contribution >= 4 is 5.91 Å². The lowest BCUT2D eigenvalue weighted by Crippen LogP contribution is -2.36. The topological polar surface area (TPSA) is 64.3 Å². The molecule has 4 nitrogen and oxygen atoms in total. The molecule has 2 rings (SSSR count). The van der Waals surface area contributed by atoms with Gasteiger partial charge < -0.3 is 15.8 Å². The van der Waals surface area contributed by atoms with Gasteiger partial charge in [0.25, 0.3) is 5.91 Å². The van der Waals surface area contributed by atoms with Gasteiger partial charge in [-0.1, -0.05) is 30.3 Å². The van der Waals surface area contributed by atoms with Gasteiger partial charge >= 0.3 is 0 Å². The van der Waals surface area contributed by atoms with Gasteiger partial charge in [-0.3, -0.25) is 4.79 Å². The van der Waals surface area contributed by atoms with Crippen LogP contribution in [0.2, 0.25) is 0 Å². The van der Waals surface area contributed by atoms with Crippen molar-refractivity contribution in [2.24, 2.45) is 5.73 Å². The van der Waals surface area contributed by atoms with E-state index in [1.807, 2.05) is 51.1 Å². The molecule has 122 valence electrons. The van der Waals surface area contributed by atoms with E-state index in [4.69, 9.17) is 10.5 Å². The third kappa shape index (κ3) is 4.57. The number of benzene rings is 2. The Morgan fingerprint density at radius 2 is 1.74 bits per heavy atom. The quantitative estimate of drug-likeness (QED) is 0.862. The maximum absolute atomic E-state index is 12.2. The van der Waals surface area contributed by atoms with Gasteiger partial charge in [0.05, 0.1) is 6.04 Å². The first-order valence-electron chi connectivity index (χ1n) is 7.80. The van der Waals surface area contributed by atoms with E-state index in [2.05, 4.69) is 5.32 Å². The van der Waals surface area contributed by atoms with Crippen LogP contribution in [0.3, 0.4) is 0 Å². The Morgan fingerprint density at radius 1 is 1.13 bits per heavy atom. The Bertz CT molecular complexity index is 645. The first-order chi connectivity index (χ1) is 11.0.